The number of hydrogen-bond donors (Lipinski definition) is 1. The zero-order chi connectivity index (χ0) is 8.97. The van der Waals surface area contributed by atoms with E-state index in [4.69, 9.17) is 5.73 Å². The Hall–Kier alpha value is -0.530. The van der Waals surface area contributed by atoms with E-state index in [1.165, 1.54) is 25.7 Å². The predicted octanol–water partition coefficient (Wildman–Crippen LogP) is 2.33. The maximum absolute atomic E-state index is 5.72. The van der Waals surface area contributed by atoms with Crippen LogP contribution in [-0.4, -0.2) is 11.9 Å². The standard InChI is InChI=1S/C10H20N2/c1-3-8-6-5-7-9(8)12-10(11)4-2/h8-9H,3-7H2,1-2H3,(H2,11,12). The number of hydrogen-bond acceptors (Lipinski definition) is 1. The van der Waals surface area contributed by atoms with Crippen molar-refractivity contribution in [3.05, 3.63) is 0 Å². The third-order valence-corrected chi connectivity index (χ3v) is 2.84. The summed E-state index contributed by atoms with van der Waals surface area (Å²) in [7, 11) is 0. The van der Waals surface area contributed by atoms with E-state index in [1.807, 2.05) is 0 Å². The van der Waals surface area contributed by atoms with Crippen molar-refractivity contribution in [1.29, 1.82) is 0 Å². The minimum atomic E-state index is 0.537. The quantitative estimate of drug-likeness (QED) is 0.510. The molecule has 0 saturated heterocycles. The SMILES string of the molecule is CCC(N)=NC1CCCC1CC. The molecule has 0 heterocycles. The van der Waals surface area contributed by atoms with Crippen LogP contribution in [0.2, 0.25) is 0 Å². The lowest BCUT2D eigenvalue weighted by molar-refractivity contribution is 0.468. The van der Waals surface area contributed by atoms with Crippen molar-refractivity contribution in [2.24, 2.45) is 16.6 Å². The molecule has 1 aliphatic carbocycles. The van der Waals surface area contributed by atoms with Gasteiger partial charge >= 0.3 is 0 Å². The maximum Gasteiger partial charge on any atom is 0.0937 e. The Balaban J connectivity index is 2.50. The molecule has 2 atom stereocenters. The third kappa shape index (κ3) is 2.23. The normalized spacial score (nSPS) is 31.0. The van der Waals surface area contributed by atoms with Crippen LogP contribution in [0.15, 0.2) is 4.99 Å². The van der Waals surface area contributed by atoms with Crippen LogP contribution in [0.3, 0.4) is 0 Å². The van der Waals surface area contributed by atoms with E-state index >= 15 is 0 Å². The highest BCUT2D eigenvalue weighted by atomic mass is 14.9. The Bertz CT molecular complexity index is 163. The fourth-order valence-corrected chi connectivity index (χ4v) is 1.97. The van der Waals surface area contributed by atoms with Crippen LogP contribution < -0.4 is 5.73 Å². The second kappa shape index (κ2) is 4.48. The summed E-state index contributed by atoms with van der Waals surface area (Å²) in [5.74, 6) is 1.63. The van der Waals surface area contributed by atoms with Crippen LogP contribution >= 0.6 is 0 Å². The summed E-state index contributed by atoms with van der Waals surface area (Å²) in [5, 5.41) is 0. The number of nitrogens with two attached hydrogens (primary N) is 1. The van der Waals surface area contributed by atoms with Crippen molar-refractivity contribution < 1.29 is 0 Å². The van der Waals surface area contributed by atoms with Gasteiger partial charge in [-0.15, -0.1) is 0 Å². The third-order valence-electron chi connectivity index (χ3n) is 2.84. The Morgan fingerprint density at radius 3 is 2.75 bits per heavy atom. The summed E-state index contributed by atoms with van der Waals surface area (Å²) in [6.45, 7) is 4.31. The molecule has 1 aliphatic rings. The van der Waals surface area contributed by atoms with Crippen LogP contribution in [0.4, 0.5) is 0 Å². The number of rotatable bonds is 3. The van der Waals surface area contributed by atoms with Gasteiger partial charge in [0.15, 0.2) is 0 Å². The second-order valence-corrected chi connectivity index (χ2v) is 3.64. The van der Waals surface area contributed by atoms with Gasteiger partial charge in [-0.2, -0.15) is 0 Å². The van der Waals surface area contributed by atoms with Gasteiger partial charge in [0.2, 0.25) is 0 Å². The van der Waals surface area contributed by atoms with E-state index < -0.39 is 0 Å². The Kier molecular flexibility index (Phi) is 3.57. The van der Waals surface area contributed by atoms with Gasteiger partial charge in [-0.1, -0.05) is 26.7 Å². The first kappa shape index (κ1) is 9.56. The molecule has 0 bridgehead atoms. The van der Waals surface area contributed by atoms with Gasteiger partial charge in [-0.3, -0.25) is 4.99 Å². The van der Waals surface area contributed by atoms with Crippen LogP contribution in [0, 0.1) is 5.92 Å². The van der Waals surface area contributed by atoms with Gasteiger partial charge in [0.1, 0.15) is 0 Å². The molecular weight excluding hydrogens is 148 g/mol. The molecule has 0 radical (unpaired) electrons. The zero-order valence-corrected chi connectivity index (χ0v) is 8.21. The van der Waals surface area contributed by atoms with E-state index in [9.17, 15) is 0 Å². The van der Waals surface area contributed by atoms with Crippen LogP contribution in [0.1, 0.15) is 46.0 Å². The summed E-state index contributed by atoms with van der Waals surface area (Å²) >= 11 is 0. The molecule has 1 fully saturated rings. The van der Waals surface area contributed by atoms with Gasteiger partial charge in [0.05, 0.1) is 11.9 Å². The van der Waals surface area contributed by atoms with E-state index in [0.717, 1.165) is 18.2 Å². The van der Waals surface area contributed by atoms with Gasteiger partial charge < -0.3 is 5.73 Å². The summed E-state index contributed by atoms with van der Waals surface area (Å²) in [4.78, 5) is 4.54. The van der Waals surface area contributed by atoms with Crippen molar-refractivity contribution >= 4 is 5.84 Å². The smallest absolute Gasteiger partial charge is 0.0937 e. The zero-order valence-electron chi connectivity index (χ0n) is 8.21. The van der Waals surface area contributed by atoms with Crippen molar-refractivity contribution in [3.63, 3.8) is 0 Å². The minimum absolute atomic E-state index is 0.537. The molecule has 0 amide bonds. The van der Waals surface area contributed by atoms with Crippen molar-refractivity contribution in [2.45, 2.75) is 52.0 Å². The first-order chi connectivity index (χ1) is 5.77. The van der Waals surface area contributed by atoms with Gasteiger partial charge in [-0.05, 0) is 18.8 Å². The summed E-state index contributed by atoms with van der Waals surface area (Å²) < 4.78 is 0. The molecular formula is C10H20N2. The lowest BCUT2D eigenvalue weighted by atomic mass is 10.0. The van der Waals surface area contributed by atoms with Crippen LogP contribution in [0.5, 0.6) is 0 Å². The van der Waals surface area contributed by atoms with E-state index in [2.05, 4.69) is 18.8 Å². The van der Waals surface area contributed by atoms with Crippen molar-refractivity contribution in [1.82, 2.24) is 0 Å². The predicted molar refractivity (Wildman–Crippen MR) is 53.3 cm³/mol. The van der Waals surface area contributed by atoms with E-state index in [0.29, 0.717) is 6.04 Å². The number of amidine groups is 1. The summed E-state index contributed by atoms with van der Waals surface area (Å²) in [5.41, 5.74) is 5.72. The molecule has 0 aromatic carbocycles. The van der Waals surface area contributed by atoms with Crippen LogP contribution in [-0.2, 0) is 0 Å². The highest BCUT2D eigenvalue weighted by Crippen LogP contribution is 2.30. The summed E-state index contributed by atoms with van der Waals surface area (Å²) in [6, 6.07) is 0.537. The molecule has 0 aliphatic heterocycles. The molecule has 1 saturated carbocycles. The molecule has 1 rings (SSSR count). The topological polar surface area (TPSA) is 38.4 Å². The minimum Gasteiger partial charge on any atom is -0.387 e. The van der Waals surface area contributed by atoms with E-state index in [1.54, 1.807) is 0 Å². The number of nitrogens with zero attached hydrogens (tertiary/aromatic N) is 1. The van der Waals surface area contributed by atoms with Crippen molar-refractivity contribution in [2.75, 3.05) is 0 Å². The Labute approximate surface area is 75.3 Å². The molecule has 0 aromatic heterocycles. The first-order valence-corrected chi connectivity index (χ1v) is 5.10. The highest BCUT2D eigenvalue weighted by Gasteiger charge is 2.24. The fraction of sp³-hybridized carbons (Fsp3) is 0.900. The van der Waals surface area contributed by atoms with Gasteiger partial charge in [-0.25, -0.2) is 0 Å². The molecule has 2 nitrogen and oxygen atoms in total. The molecule has 70 valence electrons. The van der Waals surface area contributed by atoms with Gasteiger partial charge in [0.25, 0.3) is 0 Å². The maximum atomic E-state index is 5.72. The van der Waals surface area contributed by atoms with Gasteiger partial charge in [0, 0.05) is 6.42 Å². The largest absolute Gasteiger partial charge is 0.387 e. The molecule has 2 unspecified atom stereocenters. The number of aliphatic imine (C=N–C) groups is 1. The second-order valence-electron chi connectivity index (χ2n) is 3.64. The monoisotopic (exact) mass is 168 g/mol. The molecule has 12 heavy (non-hydrogen) atoms. The van der Waals surface area contributed by atoms with Crippen molar-refractivity contribution in [3.8, 4) is 0 Å². The van der Waals surface area contributed by atoms with E-state index in [-0.39, 0.29) is 0 Å². The Morgan fingerprint density at radius 1 is 1.42 bits per heavy atom. The first-order valence-electron chi connectivity index (χ1n) is 5.10. The molecule has 2 heteroatoms. The lowest BCUT2D eigenvalue weighted by Crippen LogP contribution is -2.18. The summed E-state index contributed by atoms with van der Waals surface area (Å²) in [6.07, 6.45) is 6.09. The van der Waals surface area contributed by atoms with Crippen LogP contribution in [0.25, 0.3) is 0 Å². The highest BCUT2D eigenvalue weighted by molar-refractivity contribution is 5.80. The molecule has 0 spiro atoms. The average Bonchev–Trinajstić information content (AvgIpc) is 2.51. The Morgan fingerprint density at radius 2 is 2.17 bits per heavy atom. The average molecular weight is 168 g/mol. The fourth-order valence-electron chi connectivity index (χ4n) is 1.97. The lowest BCUT2D eigenvalue weighted by Gasteiger charge is -2.13. The molecule has 2 N–H and O–H groups in total. The molecule has 0 aromatic rings.